The number of likely N-dealkylation sites (tertiary alicyclic amines) is 1. The van der Waals surface area contributed by atoms with E-state index >= 15 is 0 Å². The number of unbranched alkanes of at least 4 members (excludes halogenated alkanes) is 1. The number of aromatic nitrogens is 3. The third-order valence-electron chi connectivity index (χ3n) is 7.98. The van der Waals surface area contributed by atoms with Gasteiger partial charge in [-0.2, -0.15) is 0 Å². The van der Waals surface area contributed by atoms with Gasteiger partial charge in [-0.25, -0.2) is 4.68 Å². The highest BCUT2D eigenvalue weighted by molar-refractivity contribution is 8.02. The number of amides is 3. The first-order chi connectivity index (χ1) is 17.4. The molecule has 1 spiro atoms. The van der Waals surface area contributed by atoms with Gasteiger partial charge in [0.2, 0.25) is 17.7 Å². The molecule has 4 heterocycles. The molecular formula is C25H34N6O4S. The SMILES string of the molecule is CCCNC(=O)[C@@H]1[C@H]2C(=O)N(CCCCO)C(C(=O)NCn3nnc4ccccc43)C23S[C@@H]1CC3C. The van der Waals surface area contributed by atoms with Gasteiger partial charge in [0.1, 0.15) is 18.2 Å². The van der Waals surface area contributed by atoms with Crippen molar-refractivity contribution in [1.29, 1.82) is 0 Å². The number of aliphatic hydroxyl groups excluding tert-OH is 1. The third kappa shape index (κ3) is 3.87. The fourth-order valence-electron chi connectivity index (χ4n) is 6.40. The fourth-order valence-corrected chi connectivity index (χ4v) is 8.83. The zero-order chi connectivity index (χ0) is 25.4. The molecule has 0 saturated carbocycles. The molecule has 1 aromatic heterocycles. The molecule has 3 N–H and O–H groups in total. The first-order valence-electron chi connectivity index (χ1n) is 12.9. The van der Waals surface area contributed by atoms with E-state index < -0.39 is 22.6 Å². The van der Waals surface area contributed by atoms with Gasteiger partial charge in [0.05, 0.1) is 22.1 Å². The molecule has 6 atom stereocenters. The Balaban J connectivity index is 1.44. The normalized spacial score (nSPS) is 30.7. The summed E-state index contributed by atoms with van der Waals surface area (Å²) in [6, 6.07) is 6.85. The number of hydrogen-bond acceptors (Lipinski definition) is 7. The Kier molecular flexibility index (Phi) is 6.95. The number of para-hydroxylation sites is 1. The summed E-state index contributed by atoms with van der Waals surface area (Å²) in [6.45, 7) is 5.23. The molecule has 5 rings (SSSR count). The second-order valence-corrected chi connectivity index (χ2v) is 11.6. The summed E-state index contributed by atoms with van der Waals surface area (Å²) in [5.41, 5.74) is 1.56. The van der Waals surface area contributed by atoms with Gasteiger partial charge >= 0.3 is 0 Å². The smallest absolute Gasteiger partial charge is 0.245 e. The van der Waals surface area contributed by atoms with Gasteiger partial charge in [0.25, 0.3) is 0 Å². The quantitative estimate of drug-likeness (QED) is 0.406. The Morgan fingerprint density at radius 3 is 2.81 bits per heavy atom. The van der Waals surface area contributed by atoms with Crippen LogP contribution in [0.5, 0.6) is 0 Å². The zero-order valence-corrected chi connectivity index (χ0v) is 21.5. The molecule has 3 amide bonds. The zero-order valence-electron chi connectivity index (χ0n) is 20.7. The van der Waals surface area contributed by atoms with Crippen LogP contribution in [-0.4, -0.2) is 78.5 Å². The number of hydrogen-bond donors (Lipinski definition) is 3. The maximum absolute atomic E-state index is 13.9. The number of carbonyl (C=O) groups is 3. The molecule has 3 fully saturated rings. The topological polar surface area (TPSA) is 129 Å². The molecule has 36 heavy (non-hydrogen) atoms. The number of carbonyl (C=O) groups excluding carboxylic acids is 3. The van der Waals surface area contributed by atoms with E-state index in [9.17, 15) is 19.5 Å². The van der Waals surface area contributed by atoms with Crippen molar-refractivity contribution in [3.8, 4) is 0 Å². The second kappa shape index (κ2) is 10.0. The maximum Gasteiger partial charge on any atom is 0.245 e. The van der Waals surface area contributed by atoms with Crippen molar-refractivity contribution in [2.75, 3.05) is 19.7 Å². The predicted molar refractivity (Wildman–Crippen MR) is 136 cm³/mol. The Bertz CT molecular complexity index is 1160. The van der Waals surface area contributed by atoms with Crippen molar-refractivity contribution < 1.29 is 19.5 Å². The van der Waals surface area contributed by atoms with E-state index in [0.29, 0.717) is 25.9 Å². The molecule has 0 aliphatic carbocycles. The first kappa shape index (κ1) is 25.0. The highest BCUT2D eigenvalue weighted by atomic mass is 32.2. The lowest BCUT2D eigenvalue weighted by Crippen LogP contribution is -2.56. The molecule has 3 saturated heterocycles. The fraction of sp³-hybridized carbons (Fsp3) is 0.640. The lowest BCUT2D eigenvalue weighted by atomic mass is 9.66. The number of nitrogens with zero attached hydrogens (tertiary/aromatic N) is 4. The lowest BCUT2D eigenvalue weighted by Gasteiger charge is -2.38. The largest absolute Gasteiger partial charge is 0.396 e. The van der Waals surface area contributed by atoms with Crippen LogP contribution in [0.1, 0.15) is 39.5 Å². The molecule has 1 aromatic carbocycles. The minimum Gasteiger partial charge on any atom is -0.396 e. The van der Waals surface area contributed by atoms with E-state index in [1.807, 2.05) is 31.2 Å². The van der Waals surface area contributed by atoms with Crippen LogP contribution in [0, 0.1) is 17.8 Å². The van der Waals surface area contributed by atoms with Crippen LogP contribution in [0.3, 0.4) is 0 Å². The molecule has 0 radical (unpaired) electrons. The minimum atomic E-state index is -0.683. The van der Waals surface area contributed by atoms with Crippen molar-refractivity contribution in [2.24, 2.45) is 17.8 Å². The number of aliphatic hydroxyl groups is 1. The highest BCUT2D eigenvalue weighted by Gasteiger charge is 2.75. The van der Waals surface area contributed by atoms with E-state index in [0.717, 1.165) is 23.9 Å². The molecule has 3 aliphatic rings. The van der Waals surface area contributed by atoms with Crippen LogP contribution >= 0.6 is 11.8 Å². The molecule has 3 unspecified atom stereocenters. The molecule has 2 aromatic rings. The predicted octanol–water partition coefficient (Wildman–Crippen LogP) is 1.14. The summed E-state index contributed by atoms with van der Waals surface area (Å²) in [5, 5.41) is 23.7. The average Bonchev–Trinajstić information content (AvgIpc) is 3.59. The van der Waals surface area contributed by atoms with Crippen molar-refractivity contribution >= 4 is 40.5 Å². The van der Waals surface area contributed by atoms with Gasteiger partial charge in [0.15, 0.2) is 0 Å². The summed E-state index contributed by atoms with van der Waals surface area (Å²) in [4.78, 5) is 42.6. The van der Waals surface area contributed by atoms with Crippen LogP contribution in [0.2, 0.25) is 0 Å². The second-order valence-electron chi connectivity index (χ2n) is 10.1. The van der Waals surface area contributed by atoms with Crippen molar-refractivity contribution in [1.82, 2.24) is 30.5 Å². The number of fused-ring (bicyclic) bond motifs is 2. The monoisotopic (exact) mass is 514 g/mol. The number of nitrogens with one attached hydrogen (secondary N) is 2. The first-order valence-corrected chi connectivity index (χ1v) is 13.7. The maximum atomic E-state index is 13.9. The van der Waals surface area contributed by atoms with Gasteiger partial charge in [-0.15, -0.1) is 16.9 Å². The number of benzene rings is 1. The van der Waals surface area contributed by atoms with Crippen LogP contribution in [0.25, 0.3) is 11.0 Å². The third-order valence-corrected chi connectivity index (χ3v) is 10.1. The van der Waals surface area contributed by atoms with Gasteiger partial charge in [-0.3, -0.25) is 14.4 Å². The van der Waals surface area contributed by atoms with E-state index in [2.05, 4.69) is 27.9 Å². The summed E-state index contributed by atoms with van der Waals surface area (Å²) < 4.78 is 0.989. The van der Waals surface area contributed by atoms with Crippen LogP contribution in [0.15, 0.2) is 24.3 Å². The summed E-state index contributed by atoms with van der Waals surface area (Å²) in [7, 11) is 0. The lowest BCUT2D eigenvalue weighted by molar-refractivity contribution is -0.140. The average molecular weight is 515 g/mol. The highest BCUT2D eigenvalue weighted by Crippen LogP contribution is 2.68. The van der Waals surface area contributed by atoms with Crippen LogP contribution < -0.4 is 10.6 Å². The van der Waals surface area contributed by atoms with Gasteiger partial charge in [0, 0.05) is 24.9 Å². The summed E-state index contributed by atoms with van der Waals surface area (Å²) in [5.74, 6) is -1.26. The Morgan fingerprint density at radius 1 is 1.22 bits per heavy atom. The van der Waals surface area contributed by atoms with E-state index in [1.165, 1.54) is 0 Å². The van der Waals surface area contributed by atoms with Crippen LogP contribution in [-0.2, 0) is 21.1 Å². The Morgan fingerprint density at radius 2 is 2.03 bits per heavy atom. The van der Waals surface area contributed by atoms with E-state index in [1.54, 1.807) is 21.3 Å². The van der Waals surface area contributed by atoms with Gasteiger partial charge < -0.3 is 20.6 Å². The molecule has 11 heteroatoms. The molecular weight excluding hydrogens is 480 g/mol. The van der Waals surface area contributed by atoms with Crippen LogP contribution in [0.4, 0.5) is 0 Å². The molecule has 10 nitrogen and oxygen atoms in total. The Hall–Kier alpha value is -2.66. The van der Waals surface area contributed by atoms with Gasteiger partial charge in [-0.1, -0.05) is 31.2 Å². The van der Waals surface area contributed by atoms with Gasteiger partial charge in [-0.05, 0) is 43.7 Å². The molecule has 3 aliphatic heterocycles. The summed E-state index contributed by atoms with van der Waals surface area (Å²) in [6.07, 6.45) is 2.77. The van der Waals surface area contributed by atoms with Crippen molar-refractivity contribution in [2.45, 2.75) is 62.2 Å². The molecule has 194 valence electrons. The minimum absolute atomic E-state index is 0.0277. The number of rotatable bonds is 10. The Labute approximate surface area is 214 Å². The van der Waals surface area contributed by atoms with Crippen molar-refractivity contribution in [3.05, 3.63) is 24.3 Å². The van der Waals surface area contributed by atoms with Crippen molar-refractivity contribution in [3.63, 3.8) is 0 Å². The van der Waals surface area contributed by atoms with E-state index in [4.69, 9.17) is 0 Å². The molecule has 2 bridgehead atoms. The number of thioether (sulfide) groups is 1. The standard InChI is InChI=1S/C25H34N6O4S/c1-3-10-26-22(33)19-18-13-15(2)25(36-18)20(19)24(35)30(11-6-7-12-32)21(25)23(34)27-14-31-17-9-5-4-8-16(17)28-29-31/h4-5,8-9,15,18-21,32H,3,6-7,10-14H2,1-2H3,(H,26,33)(H,27,34)/t15?,18-,19+,20+,21?,25?/m1/s1. The van der Waals surface area contributed by atoms with E-state index in [-0.39, 0.29) is 42.2 Å². The summed E-state index contributed by atoms with van der Waals surface area (Å²) >= 11 is 1.67.